The molecule has 4 rings (SSSR count). The Bertz CT molecular complexity index is 1250. The average molecular weight is 487 g/mol. The second-order valence-corrected chi connectivity index (χ2v) is 8.25. The summed E-state index contributed by atoms with van der Waals surface area (Å²) < 4.78 is 42.5. The van der Waals surface area contributed by atoms with Crippen molar-refractivity contribution in [1.82, 2.24) is 29.6 Å². The van der Waals surface area contributed by atoms with Gasteiger partial charge in [-0.2, -0.15) is 8.78 Å². The van der Waals surface area contributed by atoms with Crippen LogP contribution in [0.3, 0.4) is 0 Å². The molecule has 1 unspecified atom stereocenters. The van der Waals surface area contributed by atoms with Gasteiger partial charge in [0.1, 0.15) is 5.75 Å². The van der Waals surface area contributed by atoms with Crippen molar-refractivity contribution >= 4 is 11.7 Å². The molecule has 0 fully saturated rings. The lowest BCUT2D eigenvalue weighted by atomic mass is 10.1. The van der Waals surface area contributed by atoms with Crippen LogP contribution in [-0.4, -0.2) is 62.5 Å². The van der Waals surface area contributed by atoms with E-state index in [0.29, 0.717) is 34.9 Å². The largest absolute Gasteiger partial charge is 0.494 e. The van der Waals surface area contributed by atoms with E-state index >= 15 is 0 Å². The highest BCUT2D eigenvalue weighted by Crippen LogP contribution is 2.33. The maximum Gasteiger partial charge on any atom is 0.318 e. The molecule has 2 amide bonds. The highest BCUT2D eigenvalue weighted by molar-refractivity contribution is 5.75. The molecular formula is C24H28F2N6O3. The number of carbonyl (C=O) groups excluding carboxylic acids is 1. The molecule has 0 spiro atoms. The van der Waals surface area contributed by atoms with Crippen molar-refractivity contribution in [2.75, 3.05) is 20.3 Å². The molecule has 1 aliphatic heterocycles. The molecule has 0 aromatic carbocycles. The van der Waals surface area contributed by atoms with E-state index in [0.717, 1.165) is 6.08 Å². The van der Waals surface area contributed by atoms with Gasteiger partial charge in [-0.1, -0.05) is 6.08 Å². The standard InChI is InChI=1S/C24H28F2N6O3/c1-5-32-15(2)18-12-17(20(34-4)13-28-18)19-14-31-10-9-27-21(31)22(30-19)35-11-7-6-8-24(25,26)16(3)29-23(32)33/h6,8-10,12-16H,5,7,11H2,1-4H3,(H,29,33)/b8-6-/t15-,16?/m1/s1. The fourth-order valence-electron chi connectivity index (χ4n) is 3.91. The number of aromatic nitrogens is 4. The zero-order chi connectivity index (χ0) is 25.2. The van der Waals surface area contributed by atoms with Crippen LogP contribution in [0.1, 0.15) is 38.9 Å². The van der Waals surface area contributed by atoms with Crippen molar-refractivity contribution in [3.8, 4) is 22.9 Å². The van der Waals surface area contributed by atoms with Gasteiger partial charge in [0.15, 0.2) is 0 Å². The van der Waals surface area contributed by atoms with Gasteiger partial charge in [0.2, 0.25) is 5.65 Å². The molecule has 4 heterocycles. The van der Waals surface area contributed by atoms with Gasteiger partial charge in [0.05, 0.1) is 43.4 Å². The van der Waals surface area contributed by atoms with Gasteiger partial charge in [-0.3, -0.25) is 4.98 Å². The summed E-state index contributed by atoms with van der Waals surface area (Å²) in [5.74, 6) is -2.49. The Hall–Kier alpha value is -3.76. The van der Waals surface area contributed by atoms with E-state index in [1.54, 1.807) is 49.1 Å². The van der Waals surface area contributed by atoms with E-state index in [-0.39, 0.29) is 18.9 Å². The zero-order valence-corrected chi connectivity index (χ0v) is 20.0. The maximum absolute atomic E-state index is 14.7. The molecule has 3 aromatic heterocycles. The van der Waals surface area contributed by atoms with E-state index < -0.39 is 24.0 Å². The molecule has 3 aromatic rings. The van der Waals surface area contributed by atoms with Crippen LogP contribution in [0.2, 0.25) is 0 Å². The number of ether oxygens (including phenoxy) is 2. The molecule has 4 bridgehead atoms. The molecule has 0 saturated carbocycles. The summed E-state index contributed by atoms with van der Waals surface area (Å²) in [6.45, 7) is 5.26. The maximum atomic E-state index is 14.7. The van der Waals surface area contributed by atoms with Gasteiger partial charge in [-0.15, -0.1) is 0 Å². The van der Waals surface area contributed by atoms with E-state index in [1.807, 2.05) is 0 Å². The Kier molecular flexibility index (Phi) is 6.86. The number of alkyl halides is 2. The number of urea groups is 1. The SMILES string of the molecule is CCN1C(=O)NC(C)C(F)(F)/C=C\CCOc2nc(cn3ccnc23)-c2cc(ncc2OC)[C@H]1C. The fraction of sp³-hybridized carbons (Fsp3) is 0.417. The third-order valence-electron chi connectivity index (χ3n) is 6.01. The number of imidazole rings is 1. The first-order chi connectivity index (χ1) is 16.7. The van der Waals surface area contributed by atoms with Crippen LogP contribution in [0.4, 0.5) is 13.6 Å². The second kappa shape index (κ2) is 9.85. The zero-order valence-electron chi connectivity index (χ0n) is 20.0. The molecule has 0 saturated heterocycles. The number of hydrogen-bond acceptors (Lipinski definition) is 6. The smallest absolute Gasteiger partial charge is 0.318 e. The van der Waals surface area contributed by atoms with Crippen LogP contribution in [0, 0.1) is 0 Å². The first-order valence-corrected chi connectivity index (χ1v) is 11.4. The van der Waals surface area contributed by atoms with E-state index in [2.05, 4.69) is 20.3 Å². The highest BCUT2D eigenvalue weighted by Gasteiger charge is 2.36. The van der Waals surface area contributed by atoms with Crippen LogP contribution in [0.5, 0.6) is 11.6 Å². The second-order valence-electron chi connectivity index (χ2n) is 8.25. The van der Waals surface area contributed by atoms with Gasteiger partial charge in [0.25, 0.3) is 11.8 Å². The Morgan fingerprint density at radius 2 is 2.11 bits per heavy atom. The lowest BCUT2D eigenvalue weighted by Crippen LogP contribution is -2.50. The fourth-order valence-corrected chi connectivity index (χ4v) is 3.91. The molecule has 11 heteroatoms. The van der Waals surface area contributed by atoms with E-state index in [4.69, 9.17) is 9.47 Å². The number of fused-ring (bicyclic) bond motifs is 7. The molecule has 9 nitrogen and oxygen atoms in total. The average Bonchev–Trinajstić information content (AvgIpc) is 3.32. The molecule has 1 aliphatic rings. The van der Waals surface area contributed by atoms with Crippen LogP contribution >= 0.6 is 0 Å². The molecule has 186 valence electrons. The van der Waals surface area contributed by atoms with Crippen molar-refractivity contribution in [1.29, 1.82) is 0 Å². The Morgan fingerprint density at radius 3 is 2.86 bits per heavy atom. The lowest BCUT2D eigenvalue weighted by Gasteiger charge is -2.31. The molecular weight excluding hydrogens is 458 g/mol. The third-order valence-corrected chi connectivity index (χ3v) is 6.01. The molecule has 1 N–H and O–H groups in total. The number of pyridine rings is 1. The van der Waals surface area contributed by atoms with Crippen molar-refractivity contribution < 1.29 is 23.0 Å². The number of carbonyl (C=O) groups is 1. The number of methoxy groups -OCH3 is 1. The summed E-state index contributed by atoms with van der Waals surface area (Å²) >= 11 is 0. The quantitative estimate of drug-likeness (QED) is 0.544. The number of hydrogen-bond donors (Lipinski definition) is 1. The van der Waals surface area contributed by atoms with Gasteiger partial charge in [-0.05, 0) is 39.3 Å². The predicted molar refractivity (Wildman–Crippen MR) is 126 cm³/mol. The van der Waals surface area contributed by atoms with E-state index in [9.17, 15) is 13.6 Å². The summed E-state index contributed by atoms with van der Waals surface area (Å²) in [6, 6.07) is -0.742. The summed E-state index contributed by atoms with van der Waals surface area (Å²) in [4.78, 5) is 27.8. The Morgan fingerprint density at radius 1 is 1.31 bits per heavy atom. The topological polar surface area (TPSA) is 93.9 Å². The first kappa shape index (κ1) is 24.4. The summed E-state index contributed by atoms with van der Waals surface area (Å²) in [7, 11) is 1.53. The van der Waals surface area contributed by atoms with Crippen molar-refractivity contribution in [2.45, 2.75) is 45.2 Å². The van der Waals surface area contributed by atoms with Gasteiger partial charge >= 0.3 is 6.03 Å². The Balaban J connectivity index is 1.85. The first-order valence-electron chi connectivity index (χ1n) is 11.4. The summed E-state index contributed by atoms with van der Waals surface area (Å²) in [5.41, 5.74) is 2.25. The van der Waals surface area contributed by atoms with Crippen molar-refractivity contribution in [3.05, 3.63) is 48.7 Å². The molecule has 0 aliphatic carbocycles. The third kappa shape index (κ3) is 4.89. The monoisotopic (exact) mass is 486 g/mol. The summed E-state index contributed by atoms with van der Waals surface area (Å²) in [5, 5.41) is 2.43. The molecule has 0 radical (unpaired) electrons. The minimum absolute atomic E-state index is 0.117. The molecule has 2 atom stereocenters. The van der Waals surface area contributed by atoms with Crippen LogP contribution < -0.4 is 14.8 Å². The Labute approximate surface area is 201 Å². The van der Waals surface area contributed by atoms with Crippen molar-refractivity contribution in [2.24, 2.45) is 0 Å². The number of nitrogens with zero attached hydrogens (tertiary/aromatic N) is 5. The number of amides is 2. The van der Waals surface area contributed by atoms with Gasteiger partial charge < -0.3 is 24.1 Å². The van der Waals surface area contributed by atoms with Crippen LogP contribution in [-0.2, 0) is 0 Å². The predicted octanol–water partition coefficient (Wildman–Crippen LogP) is 4.25. The molecule has 35 heavy (non-hydrogen) atoms. The normalized spacial score (nSPS) is 21.7. The van der Waals surface area contributed by atoms with Crippen molar-refractivity contribution in [3.63, 3.8) is 0 Å². The number of nitrogens with one attached hydrogen (secondary N) is 1. The lowest BCUT2D eigenvalue weighted by molar-refractivity contribution is 0.0198. The summed E-state index contributed by atoms with van der Waals surface area (Å²) in [6.07, 6.45) is 9.09. The van der Waals surface area contributed by atoms with Crippen LogP contribution in [0.25, 0.3) is 16.9 Å². The number of halogens is 2. The van der Waals surface area contributed by atoms with Gasteiger partial charge in [-0.25, -0.2) is 14.8 Å². The van der Waals surface area contributed by atoms with Gasteiger partial charge in [0, 0.05) is 30.7 Å². The number of rotatable bonds is 2. The van der Waals surface area contributed by atoms with E-state index in [1.165, 1.54) is 25.0 Å². The minimum Gasteiger partial charge on any atom is -0.494 e. The van der Waals surface area contributed by atoms with Crippen LogP contribution in [0.15, 0.2) is 43.0 Å². The minimum atomic E-state index is -3.24. The highest BCUT2D eigenvalue weighted by atomic mass is 19.3.